The molecule has 0 aliphatic heterocycles. The van der Waals surface area contributed by atoms with Gasteiger partial charge in [-0.05, 0) is 43.2 Å². The molecule has 2 N–H and O–H groups in total. The molecule has 4 rings (SSSR count). The van der Waals surface area contributed by atoms with Crippen LogP contribution in [-0.4, -0.2) is 15.2 Å². The number of hydrogen-bond acceptors (Lipinski definition) is 5. The first-order chi connectivity index (χ1) is 10.8. The third kappa shape index (κ3) is 2.08. The highest BCUT2D eigenvalue weighted by Gasteiger charge is 2.22. The molecule has 0 amide bonds. The maximum Gasteiger partial charge on any atom is 0.203 e. The maximum absolute atomic E-state index is 5.82. The number of para-hydroxylation sites is 1. The van der Waals surface area contributed by atoms with E-state index in [0.29, 0.717) is 5.13 Å². The molecule has 22 heavy (non-hydrogen) atoms. The van der Waals surface area contributed by atoms with Crippen LogP contribution in [0, 0.1) is 0 Å². The van der Waals surface area contributed by atoms with Crippen molar-refractivity contribution < 1.29 is 0 Å². The second kappa shape index (κ2) is 5.32. The van der Waals surface area contributed by atoms with E-state index in [1.807, 2.05) is 0 Å². The molecule has 0 saturated heterocycles. The quantitative estimate of drug-likeness (QED) is 0.782. The minimum Gasteiger partial charge on any atom is -0.374 e. The van der Waals surface area contributed by atoms with Crippen molar-refractivity contribution in [2.24, 2.45) is 0 Å². The van der Waals surface area contributed by atoms with Crippen molar-refractivity contribution in [1.29, 1.82) is 0 Å². The first-order valence-electron chi connectivity index (χ1n) is 7.80. The molecule has 112 valence electrons. The van der Waals surface area contributed by atoms with Gasteiger partial charge in [-0.1, -0.05) is 36.5 Å². The first-order valence-corrected chi connectivity index (χ1v) is 8.62. The number of anilines is 1. The summed E-state index contributed by atoms with van der Waals surface area (Å²) in [6.45, 7) is 2.18. The second-order valence-electron chi connectivity index (χ2n) is 5.73. The van der Waals surface area contributed by atoms with Crippen molar-refractivity contribution in [3.8, 4) is 10.6 Å². The molecule has 1 aliphatic carbocycles. The average molecular weight is 310 g/mol. The fourth-order valence-corrected chi connectivity index (χ4v) is 4.07. The zero-order valence-electron chi connectivity index (χ0n) is 12.6. The van der Waals surface area contributed by atoms with E-state index in [2.05, 4.69) is 35.3 Å². The van der Waals surface area contributed by atoms with Crippen molar-refractivity contribution in [3.63, 3.8) is 0 Å². The number of rotatable bonds is 2. The summed E-state index contributed by atoms with van der Waals surface area (Å²) in [6.07, 6.45) is 5.56. The van der Waals surface area contributed by atoms with Crippen molar-refractivity contribution in [2.75, 3.05) is 5.73 Å². The van der Waals surface area contributed by atoms with Crippen molar-refractivity contribution in [1.82, 2.24) is 15.2 Å². The lowest BCUT2D eigenvalue weighted by molar-refractivity contribution is 0.672. The van der Waals surface area contributed by atoms with Gasteiger partial charge >= 0.3 is 0 Å². The molecular weight excluding hydrogens is 292 g/mol. The summed E-state index contributed by atoms with van der Waals surface area (Å²) in [5.74, 6) is 0. The molecule has 5 heteroatoms. The molecule has 0 fully saturated rings. The molecular formula is C17H18N4S. The number of benzene rings is 1. The van der Waals surface area contributed by atoms with Gasteiger partial charge in [-0.25, -0.2) is 0 Å². The maximum atomic E-state index is 5.82. The number of fused-ring (bicyclic) bond motifs is 2. The van der Waals surface area contributed by atoms with Crippen LogP contribution in [0.3, 0.4) is 0 Å². The highest BCUT2D eigenvalue weighted by molar-refractivity contribution is 7.18. The smallest absolute Gasteiger partial charge is 0.203 e. The van der Waals surface area contributed by atoms with E-state index < -0.39 is 0 Å². The van der Waals surface area contributed by atoms with Crippen LogP contribution in [0.4, 0.5) is 5.13 Å². The lowest BCUT2D eigenvalue weighted by Gasteiger charge is -2.20. The summed E-state index contributed by atoms with van der Waals surface area (Å²) in [6, 6.07) is 6.44. The average Bonchev–Trinajstić information content (AvgIpc) is 2.98. The van der Waals surface area contributed by atoms with Crippen LogP contribution in [0.5, 0.6) is 0 Å². The summed E-state index contributed by atoms with van der Waals surface area (Å²) in [7, 11) is 0. The predicted molar refractivity (Wildman–Crippen MR) is 91.1 cm³/mol. The van der Waals surface area contributed by atoms with Crippen molar-refractivity contribution >= 4 is 27.4 Å². The van der Waals surface area contributed by atoms with Crippen LogP contribution in [0.25, 0.3) is 21.5 Å². The molecule has 2 aromatic heterocycles. The molecule has 1 aliphatic rings. The normalized spacial score (nSPS) is 14.2. The number of pyridine rings is 1. The second-order valence-corrected chi connectivity index (χ2v) is 6.74. The van der Waals surface area contributed by atoms with Crippen LogP contribution >= 0.6 is 11.3 Å². The Bertz CT molecular complexity index is 853. The van der Waals surface area contributed by atoms with E-state index in [4.69, 9.17) is 10.7 Å². The van der Waals surface area contributed by atoms with Gasteiger partial charge < -0.3 is 5.73 Å². The van der Waals surface area contributed by atoms with Crippen LogP contribution in [-0.2, 0) is 19.3 Å². The number of nitrogens with zero attached hydrogens (tertiary/aromatic N) is 3. The Morgan fingerprint density at radius 1 is 1.18 bits per heavy atom. The van der Waals surface area contributed by atoms with Crippen LogP contribution in [0.2, 0.25) is 0 Å². The minimum atomic E-state index is 0.524. The standard InChI is InChI=1S/C17H18N4S/c1-2-10-6-5-8-12-14(16-20-21-17(18)22-16)11-7-3-4-9-13(11)19-15(10)12/h5-6,8H,2-4,7,9H2,1H3,(H2,18,21). The molecule has 4 nitrogen and oxygen atoms in total. The molecule has 0 atom stereocenters. The molecule has 0 radical (unpaired) electrons. The summed E-state index contributed by atoms with van der Waals surface area (Å²) >= 11 is 1.47. The van der Waals surface area contributed by atoms with Gasteiger partial charge in [0.2, 0.25) is 5.13 Å². The van der Waals surface area contributed by atoms with Gasteiger partial charge in [-0.15, -0.1) is 10.2 Å². The SMILES string of the molecule is CCc1cccc2c(-c3nnc(N)s3)c3c(nc12)CCCC3. The summed E-state index contributed by atoms with van der Waals surface area (Å²) in [4.78, 5) is 5.00. The van der Waals surface area contributed by atoms with Gasteiger partial charge in [0, 0.05) is 16.6 Å². The largest absolute Gasteiger partial charge is 0.374 e. The first kappa shape index (κ1) is 13.6. The molecule has 1 aromatic carbocycles. The van der Waals surface area contributed by atoms with Crippen LogP contribution in [0.15, 0.2) is 18.2 Å². The number of aromatic nitrogens is 3. The van der Waals surface area contributed by atoms with Gasteiger partial charge in [-0.2, -0.15) is 0 Å². The van der Waals surface area contributed by atoms with Crippen molar-refractivity contribution in [3.05, 3.63) is 35.0 Å². The third-order valence-electron chi connectivity index (χ3n) is 4.41. The Morgan fingerprint density at radius 2 is 2.05 bits per heavy atom. The Balaban J connectivity index is 2.11. The minimum absolute atomic E-state index is 0.524. The van der Waals surface area contributed by atoms with Gasteiger partial charge in [0.1, 0.15) is 0 Å². The third-order valence-corrected chi connectivity index (χ3v) is 5.18. The number of nitrogen functional groups attached to an aromatic ring is 1. The Morgan fingerprint density at radius 3 is 2.82 bits per heavy atom. The molecule has 2 heterocycles. The monoisotopic (exact) mass is 310 g/mol. The van der Waals surface area contributed by atoms with E-state index in [1.54, 1.807) is 0 Å². The molecule has 0 spiro atoms. The Kier molecular flexibility index (Phi) is 3.30. The highest BCUT2D eigenvalue weighted by atomic mass is 32.1. The topological polar surface area (TPSA) is 64.7 Å². The number of hydrogen-bond donors (Lipinski definition) is 1. The fourth-order valence-electron chi connectivity index (χ4n) is 3.37. The number of aryl methyl sites for hydroxylation is 2. The molecule has 0 unspecified atom stereocenters. The van der Waals surface area contributed by atoms with E-state index in [9.17, 15) is 0 Å². The van der Waals surface area contributed by atoms with Gasteiger partial charge in [0.15, 0.2) is 5.01 Å². The van der Waals surface area contributed by atoms with E-state index in [0.717, 1.165) is 29.8 Å². The summed E-state index contributed by atoms with van der Waals surface area (Å²) < 4.78 is 0. The fraction of sp³-hybridized carbons (Fsp3) is 0.353. The van der Waals surface area contributed by atoms with E-state index in [-0.39, 0.29) is 0 Å². The Hall–Kier alpha value is -2.01. The van der Waals surface area contributed by atoms with Crippen molar-refractivity contribution in [2.45, 2.75) is 39.0 Å². The highest BCUT2D eigenvalue weighted by Crippen LogP contribution is 2.39. The summed E-state index contributed by atoms with van der Waals surface area (Å²) in [5.41, 5.74) is 12.0. The van der Waals surface area contributed by atoms with Gasteiger partial charge in [-0.3, -0.25) is 4.98 Å². The summed E-state index contributed by atoms with van der Waals surface area (Å²) in [5, 5.41) is 11.0. The molecule has 3 aromatic rings. The number of nitrogens with two attached hydrogens (primary N) is 1. The van der Waals surface area contributed by atoms with Crippen LogP contribution in [0.1, 0.15) is 36.6 Å². The predicted octanol–water partition coefficient (Wildman–Crippen LogP) is 3.78. The van der Waals surface area contributed by atoms with E-state index in [1.165, 1.54) is 51.9 Å². The van der Waals surface area contributed by atoms with Crippen LogP contribution < -0.4 is 5.73 Å². The van der Waals surface area contributed by atoms with E-state index >= 15 is 0 Å². The molecule has 0 saturated carbocycles. The zero-order valence-corrected chi connectivity index (χ0v) is 13.4. The Labute approximate surface area is 133 Å². The molecule has 0 bridgehead atoms. The zero-order chi connectivity index (χ0) is 15.1. The van der Waals surface area contributed by atoms with Gasteiger partial charge in [0.25, 0.3) is 0 Å². The van der Waals surface area contributed by atoms with Gasteiger partial charge in [0.05, 0.1) is 5.52 Å². The lowest BCUT2D eigenvalue weighted by atomic mass is 9.89. The lowest BCUT2D eigenvalue weighted by Crippen LogP contribution is -2.08.